The SMILES string of the molecule is CC(CO)C(C)NC1CCCc2c1[nH]c1ccccc21. The highest BCUT2D eigenvalue weighted by molar-refractivity contribution is 5.85. The first-order chi connectivity index (χ1) is 9.70. The summed E-state index contributed by atoms with van der Waals surface area (Å²) in [7, 11) is 0. The number of H-pyrrole nitrogens is 1. The number of fused-ring (bicyclic) bond motifs is 3. The number of nitrogens with one attached hydrogen (secondary N) is 2. The monoisotopic (exact) mass is 272 g/mol. The van der Waals surface area contributed by atoms with Crippen molar-refractivity contribution in [2.45, 2.75) is 45.2 Å². The summed E-state index contributed by atoms with van der Waals surface area (Å²) in [6.45, 7) is 4.49. The summed E-state index contributed by atoms with van der Waals surface area (Å²) < 4.78 is 0. The van der Waals surface area contributed by atoms with Gasteiger partial charge in [-0.15, -0.1) is 0 Å². The minimum Gasteiger partial charge on any atom is -0.396 e. The van der Waals surface area contributed by atoms with Crippen LogP contribution in [0.1, 0.15) is 44.0 Å². The lowest BCUT2D eigenvalue weighted by atomic mass is 9.90. The number of hydrogen-bond donors (Lipinski definition) is 3. The van der Waals surface area contributed by atoms with E-state index in [1.165, 1.54) is 41.4 Å². The fourth-order valence-electron chi connectivity index (χ4n) is 3.22. The van der Waals surface area contributed by atoms with Crippen molar-refractivity contribution in [3.8, 4) is 0 Å². The molecule has 2 aromatic rings. The molecule has 0 fully saturated rings. The molecule has 0 aliphatic heterocycles. The molecule has 108 valence electrons. The molecule has 1 aromatic carbocycles. The van der Waals surface area contributed by atoms with Gasteiger partial charge in [-0.3, -0.25) is 0 Å². The molecule has 1 aliphatic rings. The van der Waals surface area contributed by atoms with Crippen LogP contribution in [0.2, 0.25) is 0 Å². The molecule has 1 aliphatic carbocycles. The van der Waals surface area contributed by atoms with E-state index in [9.17, 15) is 5.11 Å². The molecule has 0 amide bonds. The Labute approximate surface area is 120 Å². The third kappa shape index (κ3) is 2.36. The predicted octanol–water partition coefficient (Wildman–Crippen LogP) is 3.15. The standard InChI is InChI=1S/C17H24N2O/c1-11(10-20)12(2)18-16-9-5-7-14-13-6-3-4-8-15(13)19-17(14)16/h3-4,6,8,11-12,16,18-20H,5,7,9-10H2,1-2H3. The van der Waals surface area contributed by atoms with E-state index in [1.807, 2.05) is 0 Å². The van der Waals surface area contributed by atoms with Gasteiger partial charge in [0.1, 0.15) is 0 Å². The van der Waals surface area contributed by atoms with Crippen molar-refractivity contribution >= 4 is 10.9 Å². The second-order valence-corrected chi connectivity index (χ2v) is 6.12. The zero-order chi connectivity index (χ0) is 14.1. The Morgan fingerprint density at radius 1 is 1.35 bits per heavy atom. The first-order valence-electron chi connectivity index (χ1n) is 7.67. The quantitative estimate of drug-likeness (QED) is 0.800. The molecule has 3 unspecified atom stereocenters. The summed E-state index contributed by atoms with van der Waals surface area (Å²) in [5.41, 5.74) is 4.08. The van der Waals surface area contributed by atoms with Crippen LogP contribution in [0.25, 0.3) is 10.9 Å². The molecule has 20 heavy (non-hydrogen) atoms. The smallest absolute Gasteiger partial charge is 0.0478 e. The molecular weight excluding hydrogens is 248 g/mol. The summed E-state index contributed by atoms with van der Waals surface area (Å²) in [5.74, 6) is 0.282. The number of aliphatic hydroxyl groups excluding tert-OH is 1. The van der Waals surface area contributed by atoms with E-state index in [2.05, 4.69) is 48.4 Å². The highest BCUT2D eigenvalue weighted by Gasteiger charge is 2.26. The van der Waals surface area contributed by atoms with Crippen LogP contribution < -0.4 is 5.32 Å². The predicted molar refractivity (Wildman–Crippen MR) is 82.8 cm³/mol. The average Bonchev–Trinajstić information content (AvgIpc) is 2.86. The second kappa shape index (κ2) is 5.58. The normalized spacial score (nSPS) is 21.6. The topological polar surface area (TPSA) is 48.0 Å². The molecule has 1 aromatic heterocycles. The number of aromatic nitrogens is 1. The summed E-state index contributed by atoms with van der Waals surface area (Å²) in [6.07, 6.45) is 3.57. The van der Waals surface area contributed by atoms with Crippen molar-refractivity contribution in [3.05, 3.63) is 35.5 Å². The molecule has 1 heterocycles. The van der Waals surface area contributed by atoms with Crippen LogP contribution in [0, 0.1) is 5.92 Å². The van der Waals surface area contributed by atoms with Gasteiger partial charge in [0, 0.05) is 35.3 Å². The number of hydrogen-bond acceptors (Lipinski definition) is 2. The van der Waals surface area contributed by atoms with Gasteiger partial charge >= 0.3 is 0 Å². The molecule has 0 saturated heterocycles. The minimum absolute atomic E-state index is 0.237. The third-order valence-electron chi connectivity index (χ3n) is 4.72. The molecule has 0 radical (unpaired) electrons. The molecule has 3 heteroatoms. The van der Waals surface area contributed by atoms with Gasteiger partial charge < -0.3 is 15.4 Å². The van der Waals surface area contributed by atoms with Crippen LogP contribution in [0.4, 0.5) is 0 Å². The lowest BCUT2D eigenvalue weighted by Gasteiger charge is -2.29. The fourth-order valence-corrected chi connectivity index (χ4v) is 3.22. The van der Waals surface area contributed by atoms with E-state index in [-0.39, 0.29) is 12.5 Å². The van der Waals surface area contributed by atoms with Gasteiger partial charge in [0.15, 0.2) is 0 Å². The maximum Gasteiger partial charge on any atom is 0.0478 e. The van der Waals surface area contributed by atoms with E-state index >= 15 is 0 Å². The average molecular weight is 272 g/mol. The summed E-state index contributed by atoms with van der Waals surface area (Å²) in [6, 6.07) is 9.28. The molecule has 3 N–H and O–H groups in total. The molecular formula is C17H24N2O. The van der Waals surface area contributed by atoms with E-state index in [0.717, 1.165) is 0 Å². The summed E-state index contributed by atoms with van der Waals surface area (Å²) in [4.78, 5) is 3.60. The van der Waals surface area contributed by atoms with Crippen molar-refractivity contribution in [2.24, 2.45) is 5.92 Å². The van der Waals surface area contributed by atoms with Crippen LogP contribution in [-0.2, 0) is 6.42 Å². The second-order valence-electron chi connectivity index (χ2n) is 6.12. The molecule has 0 spiro atoms. The van der Waals surface area contributed by atoms with Gasteiger partial charge in [-0.25, -0.2) is 0 Å². The van der Waals surface area contributed by atoms with Gasteiger partial charge in [0.05, 0.1) is 0 Å². The van der Waals surface area contributed by atoms with Crippen molar-refractivity contribution in [2.75, 3.05) is 6.61 Å². The van der Waals surface area contributed by atoms with Crippen LogP contribution in [0.5, 0.6) is 0 Å². The van der Waals surface area contributed by atoms with Gasteiger partial charge in [-0.05, 0) is 43.7 Å². The number of benzene rings is 1. The van der Waals surface area contributed by atoms with E-state index in [1.54, 1.807) is 0 Å². The first-order valence-corrected chi connectivity index (χ1v) is 7.67. The van der Waals surface area contributed by atoms with Crippen LogP contribution >= 0.6 is 0 Å². The van der Waals surface area contributed by atoms with Gasteiger partial charge in [0.25, 0.3) is 0 Å². The first kappa shape index (κ1) is 13.7. The van der Waals surface area contributed by atoms with Crippen molar-refractivity contribution in [1.82, 2.24) is 10.3 Å². The van der Waals surface area contributed by atoms with Gasteiger partial charge in [-0.2, -0.15) is 0 Å². The maximum absolute atomic E-state index is 9.30. The van der Waals surface area contributed by atoms with E-state index in [4.69, 9.17) is 0 Å². The Balaban J connectivity index is 1.90. The molecule has 3 rings (SSSR count). The van der Waals surface area contributed by atoms with Crippen molar-refractivity contribution < 1.29 is 5.11 Å². The zero-order valence-corrected chi connectivity index (χ0v) is 12.3. The van der Waals surface area contributed by atoms with Crippen LogP contribution in [0.3, 0.4) is 0 Å². The molecule has 0 saturated carbocycles. The largest absolute Gasteiger partial charge is 0.396 e. The Morgan fingerprint density at radius 3 is 2.95 bits per heavy atom. The van der Waals surface area contributed by atoms with Crippen LogP contribution in [-0.4, -0.2) is 22.7 Å². The highest BCUT2D eigenvalue weighted by atomic mass is 16.3. The van der Waals surface area contributed by atoms with Crippen LogP contribution in [0.15, 0.2) is 24.3 Å². The number of para-hydroxylation sites is 1. The molecule has 3 atom stereocenters. The Bertz CT molecular complexity index is 590. The summed E-state index contributed by atoms with van der Waals surface area (Å²) >= 11 is 0. The summed E-state index contributed by atoms with van der Waals surface area (Å²) in [5, 5.41) is 14.4. The van der Waals surface area contributed by atoms with Crippen molar-refractivity contribution in [1.29, 1.82) is 0 Å². The third-order valence-corrected chi connectivity index (χ3v) is 4.72. The number of aryl methyl sites for hydroxylation is 1. The van der Waals surface area contributed by atoms with E-state index in [0.29, 0.717) is 12.1 Å². The maximum atomic E-state index is 9.30. The van der Waals surface area contributed by atoms with Crippen molar-refractivity contribution in [3.63, 3.8) is 0 Å². The minimum atomic E-state index is 0.237. The lowest BCUT2D eigenvalue weighted by Crippen LogP contribution is -2.38. The number of rotatable bonds is 4. The number of aliphatic hydroxyl groups is 1. The molecule has 3 nitrogen and oxygen atoms in total. The Kier molecular flexibility index (Phi) is 3.81. The van der Waals surface area contributed by atoms with Gasteiger partial charge in [0.2, 0.25) is 0 Å². The number of aromatic amines is 1. The molecule has 0 bridgehead atoms. The Hall–Kier alpha value is -1.32. The van der Waals surface area contributed by atoms with Gasteiger partial charge in [-0.1, -0.05) is 25.1 Å². The Morgan fingerprint density at radius 2 is 2.15 bits per heavy atom. The highest BCUT2D eigenvalue weighted by Crippen LogP contribution is 2.35. The zero-order valence-electron chi connectivity index (χ0n) is 12.3. The van der Waals surface area contributed by atoms with E-state index < -0.39 is 0 Å². The fraction of sp³-hybridized carbons (Fsp3) is 0.529. The lowest BCUT2D eigenvalue weighted by molar-refractivity contribution is 0.198.